The SMILES string of the molecule is C=C(N[C@H]1CCCN(C(=O)C(C)(C)COC)C1)C(=S)N/C(C)=C/CC.CC.CCNC.CN/C(=C\c1cccc(C)c1)C(N)=O. The number of rotatable bonds is 12. The molecule has 2 rings (SSSR count). The maximum absolute atomic E-state index is 12.7. The van der Waals surface area contributed by atoms with Crippen molar-refractivity contribution < 1.29 is 14.3 Å². The Morgan fingerprint density at radius 2 is 1.84 bits per heavy atom. The van der Waals surface area contributed by atoms with E-state index in [1.54, 1.807) is 20.2 Å². The van der Waals surface area contributed by atoms with E-state index in [0.717, 1.165) is 49.2 Å². The number of carbonyl (C=O) groups is 2. The minimum absolute atomic E-state index is 0.133. The number of ether oxygens (including phenoxy) is 1. The summed E-state index contributed by atoms with van der Waals surface area (Å²) in [5, 5.41) is 12.2. The number of amides is 2. The van der Waals surface area contributed by atoms with Gasteiger partial charge in [0.25, 0.3) is 5.91 Å². The fraction of sp³-hybridized carbons (Fsp3) is 0.571. The van der Waals surface area contributed by atoms with E-state index in [4.69, 9.17) is 22.7 Å². The topological polar surface area (TPSA) is 121 Å². The number of allylic oxidation sites excluding steroid dienone is 2. The quantitative estimate of drug-likeness (QED) is 0.154. The molecule has 0 aliphatic carbocycles. The molecule has 1 aliphatic rings. The molecular weight excluding hydrogens is 584 g/mol. The van der Waals surface area contributed by atoms with E-state index < -0.39 is 11.3 Å². The maximum Gasteiger partial charge on any atom is 0.264 e. The highest BCUT2D eigenvalue weighted by atomic mass is 32.1. The first-order chi connectivity index (χ1) is 21.3. The largest absolute Gasteiger partial charge is 0.384 e. The van der Waals surface area contributed by atoms with E-state index in [0.29, 0.717) is 29.5 Å². The maximum atomic E-state index is 12.7. The molecular formula is C35H62N6O3S. The summed E-state index contributed by atoms with van der Waals surface area (Å²) in [6.45, 7) is 23.0. The fourth-order valence-electron chi connectivity index (χ4n) is 4.25. The first-order valence-corrected chi connectivity index (χ1v) is 16.3. The molecule has 1 fully saturated rings. The summed E-state index contributed by atoms with van der Waals surface area (Å²) in [5.41, 5.74) is 8.91. The summed E-state index contributed by atoms with van der Waals surface area (Å²) >= 11 is 5.40. The molecule has 45 heavy (non-hydrogen) atoms. The van der Waals surface area contributed by atoms with Crippen LogP contribution in [0.3, 0.4) is 0 Å². The van der Waals surface area contributed by atoms with Crippen LogP contribution in [0.1, 0.15) is 78.9 Å². The number of carbonyl (C=O) groups excluding carboxylic acids is 2. The predicted octanol–water partition coefficient (Wildman–Crippen LogP) is 5.28. The Morgan fingerprint density at radius 3 is 2.33 bits per heavy atom. The number of hydrogen-bond donors (Lipinski definition) is 5. The number of aryl methyl sites for hydroxylation is 1. The molecule has 2 amide bonds. The van der Waals surface area contributed by atoms with Gasteiger partial charge >= 0.3 is 0 Å². The van der Waals surface area contributed by atoms with E-state index >= 15 is 0 Å². The second kappa shape index (κ2) is 25.0. The molecule has 1 aromatic carbocycles. The van der Waals surface area contributed by atoms with Crippen molar-refractivity contribution in [2.24, 2.45) is 11.1 Å². The van der Waals surface area contributed by atoms with E-state index in [1.165, 1.54) is 0 Å². The van der Waals surface area contributed by atoms with Gasteiger partial charge in [0.2, 0.25) is 5.91 Å². The van der Waals surface area contributed by atoms with E-state index in [9.17, 15) is 9.59 Å². The Bertz CT molecular complexity index is 1100. The standard InChI is InChI=1S/C19H33N3O2S.C11H14N2O.C3H9N.C2H6/c1-7-9-14(2)20-17(25)15(3)21-16-10-8-11-22(12-16)18(23)19(4,5)13-24-6;1-8-4-3-5-9(6-8)7-10(13-2)11(12)14;1-3-4-2;1-2/h9,16,21H,3,7-8,10-13H2,1-2,4-6H3,(H,20,25);3-7,13H,1-2H3,(H2,12,14);4H,3H2,1-2H3;1-2H3/b14-9+;10-7-;;/t16-;;;/m0.../s1. The molecule has 0 aromatic heterocycles. The molecule has 1 heterocycles. The van der Waals surface area contributed by atoms with Crippen molar-refractivity contribution in [2.45, 2.75) is 80.7 Å². The van der Waals surface area contributed by atoms with Crippen LogP contribution in [0, 0.1) is 12.3 Å². The highest BCUT2D eigenvalue weighted by molar-refractivity contribution is 7.80. The number of benzene rings is 1. The zero-order valence-corrected chi connectivity index (χ0v) is 30.7. The Balaban J connectivity index is 0. The minimum Gasteiger partial charge on any atom is -0.384 e. The predicted molar refractivity (Wildman–Crippen MR) is 196 cm³/mol. The molecule has 1 saturated heterocycles. The summed E-state index contributed by atoms with van der Waals surface area (Å²) in [7, 11) is 5.23. The first kappa shape index (κ1) is 43.9. The number of primary amides is 1. The van der Waals surface area contributed by atoms with Gasteiger partial charge in [0.15, 0.2) is 0 Å². The average molecular weight is 647 g/mol. The second-order valence-electron chi connectivity index (χ2n) is 11.1. The Labute approximate surface area is 279 Å². The molecule has 256 valence electrons. The number of hydrogen-bond acceptors (Lipinski definition) is 7. The molecule has 9 nitrogen and oxygen atoms in total. The van der Waals surface area contributed by atoms with Gasteiger partial charge < -0.3 is 36.6 Å². The molecule has 0 unspecified atom stereocenters. The number of piperidine rings is 1. The Hall–Kier alpha value is -3.21. The van der Waals surface area contributed by atoms with E-state index in [2.05, 4.69) is 47.8 Å². The lowest BCUT2D eigenvalue weighted by atomic mass is 9.91. The van der Waals surface area contributed by atoms with Crippen molar-refractivity contribution in [1.82, 2.24) is 26.2 Å². The average Bonchev–Trinajstić information content (AvgIpc) is 3.01. The Morgan fingerprint density at radius 1 is 1.22 bits per heavy atom. The van der Waals surface area contributed by atoms with Crippen molar-refractivity contribution in [3.8, 4) is 0 Å². The molecule has 1 aromatic rings. The van der Waals surface area contributed by atoms with Crippen molar-refractivity contribution in [3.05, 3.63) is 65.1 Å². The lowest BCUT2D eigenvalue weighted by molar-refractivity contribution is -0.144. The summed E-state index contributed by atoms with van der Waals surface area (Å²) in [5.74, 6) is -0.317. The van der Waals surface area contributed by atoms with E-state index in [1.807, 2.05) is 77.8 Å². The van der Waals surface area contributed by atoms with Crippen molar-refractivity contribution >= 4 is 35.1 Å². The van der Waals surface area contributed by atoms with Gasteiger partial charge in [0.05, 0.1) is 23.4 Å². The zero-order chi connectivity index (χ0) is 35.0. The van der Waals surface area contributed by atoms with Gasteiger partial charge in [-0.15, -0.1) is 0 Å². The van der Waals surface area contributed by atoms with Crippen molar-refractivity contribution in [3.63, 3.8) is 0 Å². The third-order valence-corrected chi connectivity index (χ3v) is 6.86. The summed E-state index contributed by atoms with van der Waals surface area (Å²) in [6, 6.07) is 8.02. The van der Waals surface area contributed by atoms with E-state index in [-0.39, 0.29) is 11.9 Å². The molecule has 1 aliphatic heterocycles. The summed E-state index contributed by atoms with van der Waals surface area (Å²) in [6.07, 6.45) is 6.74. The molecule has 0 spiro atoms. The van der Waals surface area contributed by atoms with Gasteiger partial charge in [-0.1, -0.05) is 82.4 Å². The molecule has 0 radical (unpaired) electrons. The molecule has 1 atom stereocenters. The lowest BCUT2D eigenvalue weighted by Crippen LogP contribution is -2.52. The van der Waals surface area contributed by atoms with Crippen LogP contribution in [-0.4, -0.2) is 75.2 Å². The van der Waals surface area contributed by atoms with Crippen LogP contribution >= 0.6 is 12.2 Å². The van der Waals surface area contributed by atoms with Crippen LogP contribution in [0.15, 0.2) is 54.0 Å². The number of nitrogens with zero attached hydrogens (tertiary/aromatic N) is 1. The van der Waals surface area contributed by atoms with Gasteiger partial charge in [0.1, 0.15) is 4.99 Å². The van der Waals surface area contributed by atoms with Crippen LogP contribution < -0.4 is 27.0 Å². The highest BCUT2D eigenvalue weighted by Gasteiger charge is 2.34. The second-order valence-corrected chi connectivity index (χ2v) is 11.5. The monoisotopic (exact) mass is 646 g/mol. The van der Waals surface area contributed by atoms with Gasteiger partial charge in [-0.3, -0.25) is 9.59 Å². The number of likely N-dealkylation sites (tertiary alicyclic amines) is 1. The number of likely N-dealkylation sites (N-methyl/N-ethyl adjacent to an activating group) is 1. The molecule has 10 heteroatoms. The van der Waals surface area contributed by atoms with Crippen molar-refractivity contribution in [2.75, 3.05) is 47.4 Å². The first-order valence-electron chi connectivity index (χ1n) is 15.9. The molecule has 6 N–H and O–H groups in total. The number of thiocarbonyl (C=S) groups is 1. The molecule has 0 saturated carbocycles. The van der Waals surface area contributed by atoms with Crippen LogP contribution in [-0.2, 0) is 14.3 Å². The highest BCUT2D eigenvalue weighted by Crippen LogP contribution is 2.22. The number of nitrogens with two attached hydrogens (primary N) is 1. The van der Waals surface area contributed by atoms with Crippen LogP contribution in [0.5, 0.6) is 0 Å². The van der Waals surface area contributed by atoms with Crippen molar-refractivity contribution in [1.29, 1.82) is 0 Å². The van der Waals surface area contributed by atoms with Crippen LogP contribution in [0.2, 0.25) is 0 Å². The number of methoxy groups -OCH3 is 1. The van der Waals surface area contributed by atoms with Gasteiger partial charge in [-0.25, -0.2) is 0 Å². The summed E-state index contributed by atoms with van der Waals surface area (Å²) in [4.78, 5) is 26.2. The molecule has 0 bridgehead atoms. The zero-order valence-electron chi connectivity index (χ0n) is 29.9. The lowest BCUT2D eigenvalue weighted by Gasteiger charge is -2.38. The number of nitrogens with one attached hydrogen (secondary N) is 4. The third-order valence-electron chi connectivity index (χ3n) is 6.51. The minimum atomic E-state index is -0.507. The normalized spacial score (nSPS) is 14.6. The summed E-state index contributed by atoms with van der Waals surface area (Å²) < 4.78 is 5.19. The van der Waals surface area contributed by atoms with Gasteiger partial charge in [-0.05, 0) is 72.2 Å². The van der Waals surface area contributed by atoms with Crippen LogP contribution in [0.4, 0.5) is 0 Å². The third kappa shape index (κ3) is 19.0. The van der Waals surface area contributed by atoms with Gasteiger partial charge in [-0.2, -0.15) is 0 Å². The van der Waals surface area contributed by atoms with Gasteiger partial charge in [0, 0.05) is 39.0 Å². The smallest absolute Gasteiger partial charge is 0.264 e. The fourth-order valence-corrected chi connectivity index (χ4v) is 4.47. The van der Waals surface area contributed by atoms with Crippen LogP contribution in [0.25, 0.3) is 6.08 Å². The Kier molecular flexibility index (Phi) is 24.4.